The Morgan fingerprint density at radius 3 is 2.65 bits per heavy atom. The zero-order valence-electron chi connectivity index (χ0n) is 11.7. The zero-order valence-corrected chi connectivity index (χ0v) is 12.5. The number of anilines is 1. The van der Waals surface area contributed by atoms with Gasteiger partial charge in [0.2, 0.25) is 0 Å². The van der Waals surface area contributed by atoms with Crippen molar-refractivity contribution in [2.75, 3.05) is 4.90 Å². The van der Waals surface area contributed by atoms with Gasteiger partial charge in [-0.1, -0.05) is 41.9 Å². The van der Waals surface area contributed by atoms with Gasteiger partial charge < -0.3 is 9.64 Å². The molecule has 0 radical (unpaired) electrons. The molecule has 0 N–H and O–H groups in total. The van der Waals surface area contributed by atoms with E-state index in [9.17, 15) is 0 Å². The standard InChI is InChI=1S/C17H18ClNO/c1-12-11-14-7-3-5-9-16(14)19(12)13(2)20-17-10-6-4-8-15(17)18/h3-10,12-13H,11H2,1-2H3. The molecule has 2 aromatic rings. The van der Waals surface area contributed by atoms with E-state index in [2.05, 4.69) is 43.0 Å². The van der Waals surface area contributed by atoms with Crippen LogP contribution in [-0.4, -0.2) is 12.3 Å². The minimum Gasteiger partial charge on any atom is -0.469 e. The van der Waals surface area contributed by atoms with Crippen LogP contribution in [0.1, 0.15) is 19.4 Å². The maximum Gasteiger partial charge on any atom is 0.169 e. The van der Waals surface area contributed by atoms with Crippen molar-refractivity contribution in [3.05, 3.63) is 59.1 Å². The van der Waals surface area contributed by atoms with Gasteiger partial charge in [-0.25, -0.2) is 0 Å². The molecule has 3 rings (SSSR count). The number of nitrogens with zero attached hydrogens (tertiary/aromatic N) is 1. The maximum atomic E-state index is 6.17. The maximum absolute atomic E-state index is 6.17. The summed E-state index contributed by atoms with van der Waals surface area (Å²) in [5.41, 5.74) is 2.65. The molecule has 0 saturated carbocycles. The molecule has 0 amide bonds. The van der Waals surface area contributed by atoms with E-state index in [4.69, 9.17) is 16.3 Å². The van der Waals surface area contributed by atoms with E-state index in [1.54, 1.807) is 0 Å². The number of rotatable bonds is 3. The number of ether oxygens (including phenoxy) is 1. The van der Waals surface area contributed by atoms with Crippen LogP contribution in [0.2, 0.25) is 5.02 Å². The summed E-state index contributed by atoms with van der Waals surface area (Å²) in [6, 6.07) is 16.6. The Balaban J connectivity index is 1.84. The van der Waals surface area contributed by atoms with Gasteiger partial charge in [0.1, 0.15) is 5.75 Å². The predicted molar refractivity (Wildman–Crippen MR) is 83.6 cm³/mol. The van der Waals surface area contributed by atoms with Crippen molar-refractivity contribution < 1.29 is 4.74 Å². The molecular formula is C17H18ClNO. The summed E-state index contributed by atoms with van der Waals surface area (Å²) >= 11 is 6.17. The van der Waals surface area contributed by atoms with Gasteiger partial charge in [0.05, 0.1) is 5.02 Å². The molecule has 2 atom stereocenters. The second-order valence-electron chi connectivity index (χ2n) is 5.24. The molecule has 1 aliphatic heterocycles. The van der Waals surface area contributed by atoms with Crippen molar-refractivity contribution in [2.45, 2.75) is 32.5 Å². The first-order valence-corrected chi connectivity index (χ1v) is 7.32. The van der Waals surface area contributed by atoms with Gasteiger partial charge in [-0.2, -0.15) is 0 Å². The molecule has 104 valence electrons. The summed E-state index contributed by atoms with van der Waals surface area (Å²) in [5, 5.41) is 0.652. The summed E-state index contributed by atoms with van der Waals surface area (Å²) in [5.74, 6) is 0.734. The van der Waals surface area contributed by atoms with Crippen LogP contribution in [0.15, 0.2) is 48.5 Å². The fraction of sp³-hybridized carbons (Fsp3) is 0.294. The summed E-state index contributed by atoms with van der Waals surface area (Å²) in [6.45, 7) is 4.30. The highest BCUT2D eigenvalue weighted by molar-refractivity contribution is 6.32. The van der Waals surface area contributed by atoms with Gasteiger partial charge in [-0.15, -0.1) is 0 Å². The van der Waals surface area contributed by atoms with E-state index in [-0.39, 0.29) is 6.23 Å². The Bertz CT molecular complexity index is 613. The van der Waals surface area contributed by atoms with Crippen LogP contribution in [0, 0.1) is 0 Å². The van der Waals surface area contributed by atoms with Crippen molar-refractivity contribution in [2.24, 2.45) is 0 Å². The highest BCUT2D eigenvalue weighted by Gasteiger charge is 2.30. The number of hydrogen-bond acceptors (Lipinski definition) is 2. The van der Waals surface area contributed by atoms with Crippen molar-refractivity contribution in [3.63, 3.8) is 0 Å². The van der Waals surface area contributed by atoms with Gasteiger partial charge in [0, 0.05) is 11.7 Å². The predicted octanol–water partition coefficient (Wildman–Crippen LogP) is 4.52. The molecule has 2 nitrogen and oxygen atoms in total. The molecule has 3 heteroatoms. The molecule has 0 aliphatic carbocycles. The molecule has 1 heterocycles. The summed E-state index contributed by atoms with van der Waals surface area (Å²) in [6.07, 6.45) is 1.01. The first kappa shape index (κ1) is 13.3. The second kappa shape index (κ2) is 5.37. The summed E-state index contributed by atoms with van der Waals surface area (Å²) in [7, 11) is 0. The number of para-hydroxylation sites is 2. The number of benzene rings is 2. The van der Waals surface area contributed by atoms with Crippen LogP contribution in [0.4, 0.5) is 5.69 Å². The van der Waals surface area contributed by atoms with Gasteiger partial charge in [0.25, 0.3) is 0 Å². The normalized spacial score (nSPS) is 18.8. The quantitative estimate of drug-likeness (QED) is 0.823. The third-order valence-electron chi connectivity index (χ3n) is 3.79. The lowest BCUT2D eigenvalue weighted by atomic mass is 10.1. The highest BCUT2D eigenvalue weighted by atomic mass is 35.5. The molecule has 2 unspecified atom stereocenters. The molecule has 0 saturated heterocycles. The van der Waals surface area contributed by atoms with E-state index >= 15 is 0 Å². The Morgan fingerprint density at radius 2 is 1.85 bits per heavy atom. The van der Waals surface area contributed by atoms with E-state index in [0.717, 1.165) is 12.2 Å². The SMILES string of the molecule is CC1Cc2ccccc2N1C(C)Oc1ccccc1Cl. The monoisotopic (exact) mass is 287 g/mol. The Kier molecular flexibility index (Phi) is 3.58. The first-order valence-electron chi connectivity index (χ1n) is 6.94. The molecule has 1 aliphatic rings. The lowest BCUT2D eigenvalue weighted by molar-refractivity contribution is 0.208. The topological polar surface area (TPSA) is 12.5 Å². The van der Waals surface area contributed by atoms with E-state index in [1.807, 2.05) is 24.3 Å². The smallest absolute Gasteiger partial charge is 0.169 e. The second-order valence-corrected chi connectivity index (χ2v) is 5.64. The Morgan fingerprint density at radius 1 is 1.15 bits per heavy atom. The van der Waals surface area contributed by atoms with E-state index < -0.39 is 0 Å². The van der Waals surface area contributed by atoms with Gasteiger partial charge in [-0.05, 0) is 44.0 Å². The van der Waals surface area contributed by atoms with Crippen LogP contribution in [0.25, 0.3) is 0 Å². The third-order valence-corrected chi connectivity index (χ3v) is 4.10. The van der Waals surface area contributed by atoms with Crippen molar-refractivity contribution in [1.82, 2.24) is 0 Å². The van der Waals surface area contributed by atoms with Gasteiger partial charge >= 0.3 is 0 Å². The van der Waals surface area contributed by atoms with Crippen LogP contribution in [-0.2, 0) is 6.42 Å². The summed E-state index contributed by atoms with van der Waals surface area (Å²) < 4.78 is 6.05. The van der Waals surface area contributed by atoms with Crippen molar-refractivity contribution in [3.8, 4) is 5.75 Å². The molecular weight excluding hydrogens is 270 g/mol. The van der Waals surface area contributed by atoms with Crippen LogP contribution < -0.4 is 9.64 Å². The Hall–Kier alpha value is -1.67. The molecule has 2 aromatic carbocycles. The van der Waals surface area contributed by atoms with Crippen LogP contribution in [0.3, 0.4) is 0 Å². The largest absolute Gasteiger partial charge is 0.469 e. The average Bonchev–Trinajstić information content (AvgIpc) is 2.77. The van der Waals surface area contributed by atoms with Gasteiger partial charge in [-0.3, -0.25) is 0 Å². The molecule has 0 spiro atoms. The molecule has 20 heavy (non-hydrogen) atoms. The number of hydrogen-bond donors (Lipinski definition) is 0. The minimum absolute atomic E-state index is 0.0476. The molecule has 0 aromatic heterocycles. The van der Waals surface area contributed by atoms with Crippen LogP contribution >= 0.6 is 11.6 Å². The van der Waals surface area contributed by atoms with E-state index in [0.29, 0.717) is 11.1 Å². The van der Waals surface area contributed by atoms with Crippen molar-refractivity contribution in [1.29, 1.82) is 0 Å². The van der Waals surface area contributed by atoms with Crippen LogP contribution in [0.5, 0.6) is 5.75 Å². The zero-order chi connectivity index (χ0) is 14.1. The third kappa shape index (κ3) is 2.36. The van der Waals surface area contributed by atoms with E-state index in [1.165, 1.54) is 11.3 Å². The van der Waals surface area contributed by atoms with Gasteiger partial charge in [0.15, 0.2) is 6.23 Å². The fourth-order valence-corrected chi connectivity index (χ4v) is 3.10. The highest BCUT2D eigenvalue weighted by Crippen LogP contribution is 2.35. The minimum atomic E-state index is -0.0476. The molecule has 0 bridgehead atoms. The average molecular weight is 288 g/mol. The molecule has 0 fully saturated rings. The number of halogens is 1. The van der Waals surface area contributed by atoms with Crippen molar-refractivity contribution >= 4 is 17.3 Å². The summed E-state index contributed by atoms with van der Waals surface area (Å²) in [4.78, 5) is 2.32. The lowest BCUT2D eigenvalue weighted by Crippen LogP contribution is -2.41. The Labute approximate surface area is 124 Å². The lowest BCUT2D eigenvalue weighted by Gasteiger charge is -2.32. The fourth-order valence-electron chi connectivity index (χ4n) is 2.92. The number of fused-ring (bicyclic) bond motifs is 1. The first-order chi connectivity index (χ1) is 9.66.